The van der Waals surface area contributed by atoms with Crippen LogP contribution in [0.25, 0.3) is 0 Å². The third-order valence-corrected chi connectivity index (χ3v) is 5.32. The molecule has 12 heteroatoms. The Morgan fingerprint density at radius 3 is 2.59 bits per heavy atom. The number of nitrogens with zero attached hydrogens (tertiary/aromatic N) is 2. The van der Waals surface area contributed by atoms with E-state index in [0.29, 0.717) is 24.4 Å². The Labute approximate surface area is 180 Å². The number of hydrogen-bond donors (Lipinski definition) is 1. The molecule has 8 nitrogen and oxygen atoms in total. The van der Waals surface area contributed by atoms with Crippen molar-refractivity contribution >= 4 is 5.91 Å². The standard InChI is InChI=1S/C20H21F4N3O5/c21-12-1-4-14(5-2-12)29-10-17(28)25-13-3-6-16(30-9-13)19-26-18(27-32-19)11-7-15(8-11)31-20(22,23)24/h1-2,4-5,11,13,15-16H,3,6-10H2,(H,25,28)/t11?,13-,15?,16+/m0/s1. The molecule has 1 saturated carbocycles. The molecule has 1 aliphatic carbocycles. The van der Waals surface area contributed by atoms with Gasteiger partial charge < -0.3 is 19.3 Å². The molecule has 2 aromatic rings. The zero-order valence-corrected chi connectivity index (χ0v) is 16.8. The highest BCUT2D eigenvalue weighted by atomic mass is 19.4. The molecule has 0 bridgehead atoms. The quantitative estimate of drug-likeness (QED) is 0.634. The minimum Gasteiger partial charge on any atom is -0.484 e. The van der Waals surface area contributed by atoms with E-state index < -0.39 is 24.4 Å². The first-order valence-corrected chi connectivity index (χ1v) is 10.1. The summed E-state index contributed by atoms with van der Waals surface area (Å²) in [6.45, 7) is 0.0224. The summed E-state index contributed by atoms with van der Waals surface area (Å²) in [7, 11) is 0. The Hall–Kier alpha value is -2.73. The topological polar surface area (TPSA) is 95.7 Å². The molecule has 2 heterocycles. The van der Waals surface area contributed by atoms with E-state index in [1.165, 1.54) is 24.3 Å². The lowest BCUT2D eigenvalue weighted by Crippen LogP contribution is -2.43. The van der Waals surface area contributed by atoms with Crippen molar-refractivity contribution in [1.29, 1.82) is 0 Å². The van der Waals surface area contributed by atoms with Crippen molar-refractivity contribution < 1.29 is 41.1 Å². The zero-order valence-electron chi connectivity index (χ0n) is 16.8. The molecule has 2 aliphatic rings. The van der Waals surface area contributed by atoms with Crippen molar-refractivity contribution in [2.24, 2.45) is 0 Å². The number of amides is 1. The number of halogens is 4. The third-order valence-electron chi connectivity index (χ3n) is 5.32. The second-order valence-corrected chi connectivity index (χ2v) is 7.75. The van der Waals surface area contributed by atoms with Crippen LogP contribution in [0.2, 0.25) is 0 Å². The predicted octanol–water partition coefficient (Wildman–Crippen LogP) is 3.41. The van der Waals surface area contributed by atoms with Crippen LogP contribution in [0.1, 0.15) is 49.4 Å². The van der Waals surface area contributed by atoms with Crippen molar-refractivity contribution in [3.63, 3.8) is 0 Å². The third kappa shape index (κ3) is 5.94. The maximum absolute atomic E-state index is 12.9. The summed E-state index contributed by atoms with van der Waals surface area (Å²) < 4.78 is 69.7. The molecule has 1 aromatic carbocycles. The van der Waals surface area contributed by atoms with Gasteiger partial charge in [-0.25, -0.2) is 4.39 Å². The average Bonchev–Trinajstić information content (AvgIpc) is 3.19. The van der Waals surface area contributed by atoms with Crippen molar-refractivity contribution in [2.75, 3.05) is 13.2 Å². The molecule has 0 radical (unpaired) electrons. The van der Waals surface area contributed by atoms with Crippen LogP contribution in [0.3, 0.4) is 0 Å². The molecule has 32 heavy (non-hydrogen) atoms. The van der Waals surface area contributed by atoms with Gasteiger partial charge in [0, 0.05) is 5.92 Å². The molecule has 0 unspecified atom stereocenters. The predicted molar refractivity (Wildman–Crippen MR) is 99.0 cm³/mol. The van der Waals surface area contributed by atoms with E-state index in [-0.39, 0.29) is 49.8 Å². The first-order valence-electron chi connectivity index (χ1n) is 10.1. The summed E-state index contributed by atoms with van der Waals surface area (Å²) in [4.78, 5) is 16.3. The lowest BCUT2D eigenvalue weighted by Gasteiger charge is -2.33. The fourth-order valence-electron chi connectivity index (χ4n) is 3.61. The normalized spacial score (nSPS) is 25.8. The lowest BCUT2D eigenvalue weighted by atomic mass is 9.82. The second kappa shape index (κ2) is 9.41. The van der Waals surface area contributed by atoms with Crippen molar-refractivity contribution in [1.82, 2.24) is 15.5 Å². The average molecular weight is 459 g/mol. The van der Waals surface area contributed by atoms with Gasteiger partial charge in [-0.1, -0.05) is 5.16 Å². The molecule has 4 rings (SSSR count). The van der Waals surface area contributed by atoms with Crippen LogP contribution in [0.4, 0.5) is 17.6 Å². The Morgan fingerprint density at radius 2 is 1.94 bits per heavy atom. The summed E-state index contributed by atoms with van der Waals surface area (Å²) in [5, 5.41) is 6.66. The number of aromatic nitrogens is 2. The van der Waals surface area contributed by atoms with Gasteiger partial charge in [-0.05, 0) is 49.9 Å². The Kier molecular flexibility index (Phi) is 6.60. The Morgan fingerprint density at radius 1 is 1.19 bits per heavy atom. The van der Waals surface area contributed by atoms with Gasteiger partial charge in [0.1, 0.15) is 17.7 Å². The maximum Gasteiger partial charge on any atom is 0.522 e. The highest BCUT2D eigenvalue weighted by Gasteiger charge is 2.42. The van der Waals surface area contributed by atoms with Gasteiger partial charge in [0.05, 0.1) is 18.8 Å². The van der Waals surface area contributed by atoms with Crippen molar-refractivity contribution in [2.45, 2.75) is 56.2 Å². The van der Waals surface area contributed by atoms with Crippen LogP contribution in [0, 0.1) is 5.82 Å². The number of alkyl halides is 3. The molecule has 2 fully saturated rings. The molecule has 1 aliphatic heterocycles. The summed E-state index contributed by atoms with van der Waals surface area (Å²) in [5.74, 6) is 0.0372. The Bertz CT molecular complexity index is 907. The van der Waals surface area contributed by atoms with Crippen LogP contribution >= 0.6 is 0 Å². The summed E-state index contributed by atoms with van der Waals surface area (Å²) >= 11 is 0. The van der Waals surface area contributed by atoms with Gasteiger partial charge in [0.25, 0.3) is 11.8 Å². The van der Waals surface area contributed by atoms with Gasteiger partial charge in [-0.2, -0.15) is 4.98 Å². The van der Waals surface area contributed by atoms with E-state index in [4.69, 9.17) is 14.0 Å². The fourth-order valence-corrected chi connectivity index (χ4v) is 3.61. The van der Waals surface area contributed by atoms with E-state index in [2.05, 4.69) is 20.2 Å². The van der Waals surface area contributed by atoms with Crippen molar-refractivity contribution in [3.05, 3.63) is 41.8 Å². The van der Waals surface area contributed by atoms with E-state index in [9.17, 15) is 22.4 Å². The molecular formula is C20H21F4N3O5. The van der Waals surface area contributed by atoms with Gasteiger partial charge in [-0.3, -0.25) is 9.53 Å². The summed E-state index contributed by atoms with van der Waals surface area (Å²) in [5.41, 5.74) is 0. The number of hydrogen-bond acceptors (Lipinski definition) is 7. The van der Waals surface area contributed by atoms with E-state index in [1.54, 1.807) is 0 Å². The van der Waals surface area contributed by atoms with E-state index >= 15 is 0 Å². The zero-order chi connectivity index (χ0) is 22.7. The van der Waals surface area contributed by atoms with Crippen LogP contribution < -0.4 is 10.1 Å². The van der Waals surface area contributed by atoms with Crippen LogP contribution in [-0.2, 0) is 14.3 Å². The highest BCUT2D eigenvalue weighted by Crippen LogP contribution is 2.40. The number of benzene rings is 1. The number of carbonyl (C=O) groups is 1. The minimum absolute atomic E-state index is 0.179. The number of carbonyl (C=O) groups excluding carboxylic acids is 1. The molecule has 174 valence electrons. The van der Waals surface area contributed by atoms with Crippen LogP contribution in [0.5, 0.6) is 5.75 Å². The van der Waals surface area contributed by atoms with Gasteiger partial charge in [0.15, 0.2) is 12.4 Å². The van der Waals surface area contributed by atoms with Crippen LogP contribution in [-0.4, -0.2) is 47.8 Å². The second-order valence-electron chi connectivity index (χ2n) is 7.75. The first kappa shape index (κ1) is 22.5. The van der Waals surface area contributed by atoms with E-state index in [0.717, 1.165) is 0 Å². The summed E-state index contributed by atoms with van der Waals surface area (Å²) in [6.07, 6.45) is -4.49. The Balaban J connectivity index is 1.17. The highest BCUT2D eigenvalue weighted by molar-refractivity contribution is 5.77. The molecule has 1 aromatic heterocycles. The van der Waals surface area contributed by atoms with Gasteiger partial charge in [0.2, 0.25) is 0 Å². The van der Waals surface area contributed by atoms with Crippen molar-refractivity contribution in [3.8, 4) is 5.75 Å². The first-order chi connectivity index (χ1) is 15.2. The molecular weight excluding hydrogens is 438 g/mol. The van der Waals surface area contributed by atoms with E-state index in [1.807, 2.05) is 0 Å². The smallest absolute Gasteiger partial charge is 0.484 e. The monoisotopic (exact) mass is 459 g/mol. The number of nitrogens with one attached hydrogen (secondary N) is 1. The summed E-state index contributed by atoms with van der Waals surface area (Å²) in [6, 6.07) is 5.13. The van der Waals surface area contributed by atoms with Crippen LogP contribution in [0.15, 0.2) is 28.8 Å². The molecule has 1 N–H and O–H groups in total. The number of ether oxygens (including phenoxy) is 3. The lowest BCUT2D eigenvalue weighted by molar-refractivity contribution is -0.352. The SMILES string of the molecule is O=C(COc1ccc(F)cc1)N[C@H]1CC[C@H](c2nc(C3CC(OC(F)(F)F)C3)no2)OC1. The molecule has 2 atom stereocenters. The minimum atomic E-state index is -4.65. The molecule has 0 spiro atoms. The van der Waals surface area contributed by atoms with Gasteiger partial charge >= 0.3 is 6.36 Å². The maximum atomic E-state index is 12.9. The van der Waals surface area contributed by atoms with Gasteiger partial charge in [-0.15, -0.1) is 13.2 Å². The molecule has 1 saturated heterocycles. The fraction of sp³-hybridized carbons (Fsp3) is 0.550. The largest absolute Gasteiger partial charge is 0.522 e. The number of rotatable bonds is 7. The molecule has 1 amide bonds.